The number of carbonyl (C=O) groups excluding carboxylic acids is 1. The van der Waals surface area contributed by atoms with E-state index in [1.807, 2.05) is 66.9 Å². The minimum atomic E-state index is -0.601. The van der Waals surface area contributed by atoms with Crippen LogP contribution < -0.4 is 10.1 Å². The molecule has 0 aliphatic carbocycles. The highest BCUT2D eigenvalue weighted by molar-refractivity contribution is 7.14. The highest BCUT2D eigenvalue weighted by Gasteiger charge is 2.16. The van der Waals surface area contributed by atoms with Gasteiger partial charge in [-0.1, -0.05) is 42.5 Å². The quantitative estimate of drug-likeness (QED) is 0.744. The molecule has 1 N–H and O–H groups in total. The Labute approximate surface area is 145 Å². The highest BCUT2D eigenvalue weighted by atomic mass is 32.1. The molecule has 2 aromatic carbocycles. The molecule has 5 heteroatoms. The Balaban J connectivity index is 1.63. The summed E-state index contributed by atoms with van der Waals surface area (Å²) >= 11 is 1.40. The number of aromatic nitrogens is 1. The first-order valence-electron chi connectivity index (χ1n) is 7.67. The number of carbonyl (C=O) groups is 1. The summed E-state index contributed by atoms with van der Waals surface area (Å²) in [6.45, 7) is 3.71. The zero-order valence-electron chi connectivity index (χ0n) is 13.5. The molecule has 0 aliphatic heterocycles. The van der Waals surface area contributed by atoms with Crippen molar-refractivity contribution in [3.63, 3.8) is 0 Å². The van der Waals surface area contributed by atoms with Crippen LogP contribution in [0, 0.1) is 6.92 Å². The maximum Gasteiger partial charge on any atom is 0.266 e. The van der Waals surface area contributed by atoms with Gasteiger partial charge in [0.25, 0.3) is 5.91 Å². The number of ether oxygens (including phenoxy) is 1. The van der Waals surface area contributed by atoms with Gasteiger partial charge in [-0.3, -0.25) is 10.1 Å². The van der Waals surface area contributed by atoms with Crippen molar-refractivity contribution in [1.29, 1.82) is 0 Å². The molecule has 0 spiro atoms. The maximum atomic E-state index is 12.3. The average Bonchev–Trinajstić information content (AvgIpc) is 3.04. The van der Waals surface area contributed by atoms with Crippen molar-refractivity contribution in [2.45, 2.75) is 20.0 Å². The predicted octanol–water partition coefficient (Wildman–Crippen LogP) is 4.52. The molecule has 24 heavy (non-hydrogen) atoms. The van der Waals surface area contributed by atoms with E-state index in [1.165, 1.54) is 11.3 Å². The van der Waals surface area contributed by atoms with E-state index in [0.29, 0.717) is 10.9 Å². The second-order valence-electron chi connectivity index (χ2n) is 5.47. The van der Waals surface area contributed by atoms with E-state index in [4.69, 9.17) is 4.74 Å². The number of rotatable bonds is 5. The number of hydrogen-bond donors (Lipinski definition) is 1. The van der Waals surface area contributed by atoms with Crippen molar-refractivity contribution >= 4 is 22.4 Å². The molecule has 4 nitrogen and oxygen atoms in total. The number of anilines is 1. The first-order valence-corrected chi connectivity index (χ1v) is 8.55. The minimum Gasteiger partial charge on any atom is -0.481 e. The Morgan fingerprint density at radius 3 is 2.71 bits per heavy atom. The van der Waals surface area contributed by atoms with Crippen LogP contribution in [0.25, 0.3) is 11.3 Å². The Morgan fingerprint density at radius 2 is 1.96 bits per heavy atom. The van der Waals surface area contributed by atoms with Gasteiger partial charge in [0.15, 0.2) is 11.2 Å². The van der Waals surface area contributed by atoms with Crippen LogP contribution >= 0.6 is 11.3 Å². The van der Waals surface area contributed by atoms with Gasteiger partial charge in [-0.2, -0.15) is 0 Å². The summed E-state index contributed by atoms with van der Waals surface area (Å²) in [6, 6.07) is 17.5. The monoisotopic (exact) mass is 338 g/mol. The van der Waals surface area contributed by atoms with Crippen LogP contribution in [0.15, 0.2) is 60.0 Å². The van der Waals surface area contributed by atoms with Crippen LogP contribution in [0.4, 0.5) is 5.13 Å². The van der Waals surface area contributed by atoms with Crippen molar-refractivity contribution < 1.29 is 9.53 Å². The number of nitrogens with one attached hydrogen (secondary N) is 1. The molecule has 0 aliphatic rings. The van der Waals surface area contributed by atoms with Crippen LogP contribution in [-0.2, 0) is 4.79 Å². The summed E-state index contributed by atoms with van der Waals surface area (Å²) in [6.07, 6.45) is -0.601. The fourth-order valence-electron chi connectivity index (χ4n) is 2.23. The number of nitrogens with zero attached hydrogens (tertiary/aromatic N) is 1. The van der Waals surface area contributed by atoms with Gasteiger partial charge in [0.2, 0.25) is 0 Å². The molecule has 0 radical (unpaired) electrons. The molecule has 0 saturated heterocycles. The Morgan fingerprint density at radius 1 is 1.17 bits per heavy atom. The summed E-state index contributed by atoms with van der Waals surface area (Å²) in [5.41, 5.74) is 2.97. The average molecular weight is 338 g/mol. The highest BCUT2D eigenvalue weighted by Crippen LogP contribution is 2.25. The van der Waals surface area contributed by atoms with Gasteiger partial charge >= 0.3 is 0 Å². The summed E-state index contributed by atoms with van der Waals surface area (Å²) < 4.78 is 5.69. The van der Waals surface area contributed by atoms with Crippen molar-refractivity contribution in [3.8, 4) is 17.0 Å². The lowest BCUT2D eigenvalue weighted by molar-refractivity contribution is -0.122. The molecule has 3 aromatic rings. The number of aryl methyl sites for hydroxylation is 1. The fraction of sp³-hybridized carbons (Fsp3) is 0.158. The zero-order chi connectivity index (χ0) is 16.9. The molecule has 0 bridgehead atoms. The lowest BCUT2D eigenvalue weighted by Gasteiger charge is -2.14. The standard InChI is InChI=1S/C19H18N2O2S/c1-13-7-6-10-16(11-13)23-14(2)18(22)21-19-20-17(12-24-19)15-8-4-3-5-9-15/h3-12,14H,1-2H3,(H,20,21,22)/t14-/m1/s1. The Kier molecular flexibility index (Phi) is 4.91. The zero-order valence-corrected chi connectivity index (χ0v) is 14.3. The number of amides is 1. The maximum absolute atomic E-state index is 12.3. The van der Waals surface area contributed by atoms with E-state index in [-0.39, 0.29) is 5.91 Å². The second kappa shape index (κ2) is 7.27. The van der Waals surface area contributed by atoms with Gasteiger partial charge in [-0.15, -0.1) is 11.3 Å². The van der Waals surface area contributed by atoms with E-state index in [9.17, 15) is 4.79 Å². The van der Waals surface area contributed by atoms with E-state index in [1.54, 1.807) is 6.92 Å². The molecule has 1 amide bonds. The molecule has 1 atom stereocenters. The van der Waals surface area contributed by atoms with E-state index in [2.05, 4.69) is 10.3 Å². The lowest BCUT2D eigenvalue weighted by Crippen LogP contribution is -2.30. The van der Waals surface area contributed by atoms with Crippen LogP contribution in [0.3, 0.4) is 0 Å². The van der Waals surface area contributed by atoms with Gasteiger partial charge in [-0.25, -0.2) is 4.98 Å². The van der Waals surface area contributed by atoms with Crippen molar-refractivity contribution in [2.75, 3.05) is 5.32 Å². The smallest absolute Gasteiger partial charge is 0.266 e. The van der Waals surface area contributed by atoms with Crippen molar-refractivity contribution in [3.05, 3.63) is 65.5 Å². The molecule has 1 heterocycles. The largest absolute Gasteiger partial charge is 0.481 e. The molecule has 3 rings (SSSR count). The van der Waals surface area contributed by atoms with Crippen LogP contribution in [0.1, 0.15) is 12.5 Å². The fourth-order valence-corrected chi connectivity index (χ4v) is 2.95. The third-order valence-electron chi connectivity index (χ3n) is 3.48. The summed E-state index contributed by atoms with van der Waals surface area (Å²) in [4.78, 5) is 16.7. The van der Waals surface area contributed by atoms with Crippen molar-refractivity contribution in [2.24, 2.45) is 0 Å². The van der Waals surface area contributed by atoms with E-state index >= 15 is 0 Å². The minimum absolute atomic E-state index is 0.217. The first kappa shape index (κ1) is 16.2. The van der Waals surface area contributed by atoms with Crippen LogP contribution in [-0.4, -0.2) is 17.0 Å². The van der Waals surface area contributed by atoms with E-state index in [0.717, 1.165) is 16.8 Å². The molecular formula is C19H18N2O2S. The van der Waals surface area contributed by atoms with Crippen molar-refractivity contribution in [1.82, 2.24) is 4.98 Å². The lowest BCUT2D eigenvalue weighted by atomic mass is 10.2. The SMILES string of the molecule is Cc1cccc(O[C@H](C)C(=O)Nc2nc(-c3ccccc3)cs2)c1. The summed E-state index contributed by atoms with van der Waals surface area (Å²) in [5.74, 6) is 0.465. The Hall–Kier alpha value is -2.66. The third kappa shape index (κ3) is 4.00. The normalized spacial score (nSPS) is 11.8. The van der Waals surface area contributed by atoms with Crippen LogP contribution in [0.2, 0.25) is 0 Å². The van der Waals surface area contributed by atoms with E-state index < -0.39 is 6.10 Å². The molecule has 0 saturated carbocycles. The molecule has 0 fully saturated rings. The number of thiazole rings is 1. The molecule has 0 unspecified atom stereocenters. The van der Waals surface area contributed by atoms with Gasteiger partial charge in [-0.05, 0) is 31.5 Å². The van der Waals surface area contributed by atoms with Gasteiger partial charge in [0.05, 0.1) is 5.69 Å². The molecule has 122 valence electrons. The number of benzene rings is 2. The second-order valence-corrected chi connectivity index (χ2v) is 6.33. The van der Waals surface area contributed by atoms with Gasteiger partial charge in [0.1, 0.15) is 5.75 Å². The number of hydrogen-bond acceptors (Lipinski definition) is 4. The Bertz CT molecular complexity index is 830. The first-order chi connectivity index (χ1) is 11.6. The van der Waals surface area contributed by atoms with Crippen LogP contribution in [0.5, 0.6) is 5.75 Å². The summed E-state index contributed by atoms with van der Waals surface area (Å²) in [5, 5.41) is 5.31. The summed E-state index contributed by atoms with van der Waals surface area (Å²) in [7, 11) is 0. The van der Waals surface area contributed by atoms with Gasteiger partial charge < -0.3 is 4.74 Å². The topological polar surface area (TPSA) is 51.2 Å². The van der Waals surface area contributed by atoms with Gasteiger partial charge in [0, 0.05) is 10.9 Å². The molecule has 1 aromatic heterocycles. The molecular weight excluding hydrogens is 320 g/mol. The predicted molar refractivity (Wildman–Crippen MR) is 97.4 cm³/mol. The third-order valence-corrected chi connectivity index (χ3v) is 4.23.